The van der Waals surface area contributed by atoms with Crippen molar-refractivity contribution in [3.8, 4) is 0 Å². The minimum atomic E-state index is -1.32. The largest absolute Gasteiger partial charge is 0.477 e. The molecule has 0 saturated heterocycles. The van der Waals surface area contributed by atoms with Gasteiger partial charge in [0.2, 0.25) is 0 Å². The van der Waals surface area contributed by atoms with Crippen LogP contribution in [-0.4, -0.2) is 21.0 Å². The summed E-state index contributed by atoms with van der Waals surface area (Å²) < 4.78 is 0. The SMILES string of the molecule is O=C(O)c1ccc(NCc2cscn2)cc1[N+](=O)[O-]. The molecule has 0 amide bonds. The maximum atomic E-state index is 10.8. The Morgan fingerprint density at radius 2 is 2.32 bits per heavy atom. The number of carboxylic acids is 1. The summed E-state index contributed by atoms with van der Waals surface area (Å²) >= 11 is 1.45. The second-order valence-electron chi connectivity index (χ2n) is 3.63. The summed E-state index contributed by atoms with van der Waals surface area (Å²) in [4.78, 5) is 25.0. The number of rotatable bonds is 5. The Labute approximate surface area is 111 Å². The molecule has 0 unspecified atom stereocenters. The number of carboxylic acid groups (broad SMARTS) is 1. The topological polar surface area (TPSA) is 105 Å². The molecule has 0 bridgehead atoms. The average Bonchev–Trinajstić information content (AvgIpc) is 2.88. The number of hydrogen-bond donors (Lipinski definition) is 2. The predicted octanol–water partition coefficient (Wildman–Crippen LogP) is 2.36. The van der Waals surface area contributed by atoms with Gasteiger partial charge in [-0.2, -0.15) is 0 Å². The van der Waals surface area contributed by atoms with E-state index in [-0.39, 0.29) is 5.56 Å². The van der Waals surface area contributed by atoms with Crippen molar-refractivity contribution in [1.82, 2.24) is 4.98 Å². The monoisotopic (exact) mass is 279 g/mol. The first-order chi connectivity index (χ1) is 9.08. The number of carbonyl (C=O) groups is 1. The van der Waals surface area contributed by atoms with E-state index < -0.39 is 16.6 Å². The molecule has 19 heavy (non-hydrogen) atoms. The van der Waals surface area contributed by atoms with Crippen LogP contribution in [-0.2, 0) is 6.54 Å². The van der Waals surface area contributed by atoms with Crippen molar-refractivity contribution in [2.75, 3.05) is 5.32 Å². The van der Waals surface area contributed by atoms with Crippen molar-refractivity contribution in [2.45, 2.75) is 6.54 Å². The molecule has 0 fully saturated rings. The number of benzene rings is 1. The van der Waals surface area contributed by atoms with Gasteiger partial charge in [-0.1, -0.05) is 0 Å². The van der Waals surface area contributed by atoms with E-state index in [1.807, 2.05) is 5.38 Å². The number of nitrogens with one attached hydrogen (secondary N) is 1. The highest BCUT2D eigenvalue weighted by Crippen LogP contribution is 2.23. The molecule has 0 aliphatic heterocycles. The van der Waals surface area contributed by atoms with E-state index in [4.69, 9.17) is 5.11 Å². The third kappa shape index (κ3) is 3.05. The molecule has 0 radical (unpaired) electrons. The van der Waals surface area contributed by atoms with Crippen LogP contribution in [0.25, 0.3) is 0 Å². The molecule has 1 aromatic heterocycles. The lowest BCUT2D eigenvalue weighted by Gasteiger charge is -2.05. The molecular formula is C11H9N3O4S. The summed E-state index contributed by atoms with van der Waals surface area (Å²) in [5, 5.41) is 24.5. The second-order valence-corrected chi connectivity index (χ2v) is 4.35. The van der Waals surface area contributed by atoms with Crippen LogP contribution >= 0.6 is 11.3 Å². The highest BCUT2D eigenvalue weighted by molar-refractivity contribution is 7.07. The van der Waals surface area contributed by atoms with Gasteiger partial charge in [-0.25, -0.2) is 9.78 Å². The number of nitrogens with zero attached hydrogens (tertiary/aromatic N) is 2. The van der Waals surface area contributed by atoms with Gasteiger partial charge in [0.25, 0.3) is 5.69 Å². The molecule has 2 rings (SSSR count). The lowest BCUT2D eigenvalue weighted by atomic mass is 10.1. The van der Waals surface area contributed by atoms with Gasteiger partial charge >= 0.3 is 5.97 Å². The zero-order valence-electron chi connectivity index (χ0n) is 9.57. The smallest absolute Gasteiger partial charge is 0.342 e. The molecule has 98 valence electrons. The molecule has 0 spiro atoms. The van der Waals surface area contributed by atoms with E-state index in [0.29, 0.717) is 12.2 Å². The summed E-state index contributed by atoms with van der Waals surface area (Å²) in [7, 11) is 0. The van der Waals surface area contributed by atoms with Crippen LogP contribution in [0.5, 0.6) is 0 Å². The van der Waals surface area contributed by atoms with Crippen molar-refractivity contribution < 1.29 is 14.8 Å². The molecule has 0 aliphatic rings. The predicted molar refractivity (Wildman–Crippen MR) is 69.5 cm³/mol. The van der Waals surface area contributed by atoms with Crippen LogP contribution in [0, 0.1) is 10.1 Å². The Balaban J connectivity index is 2.20. The lowest BCUT2D eigenvalue weighted by Crippen LogP contribution is -2.05. The Hall–Kier alpha value is -2.48. The zero-order chi connectivity index (χ0) is 13.8. The highest BCUT2D eigenvalue weighted by Gasteiger charge is 2.19. The first-order valence-electron chi connectivity index (χ1n) is 5.20. The summed E-state index contributed by atoms with van der Waals surface area (Å²) in [6.45, 7) is 0.424. The fourth-order valence-electron chi connectivity index (χ4n) is 1.49. The molecule has 2 aromatic rings. The summed E-state index contributed by atoms with van der Waals surface area (Å²) in [6.07, 6.45) is 0. The van der Waals surface area contributed by atoms with Crippen molar-refractivity contribution in [2.24, 2.45) is 0 Å². The molecule has 2 N–H and O–H groups in total. The van der Waals surface area contributed by atoms with Crippen molar-refractivity contribution in [3.05, 3.63) is 50.5 Å². The average molecular weight is 279 g/mol. The molecule has 8 heteroatoms. The number of hydrogen-bond acceptors (Lipinski definition) is 6. The van der Waals surface area contributed by atoms with Crippen LogP contribution in [0.15, 0.2) is 29.1 Å². The van der Waals surface area contributed by atoms with Crippen LogP contribution in [0.1, 0.15) is 16.1 Å². The molecule has 0 atom stereocenters. The first kappa shape index (κ1) is 13.0. The van der Waals surface area contributed by atoms with E-state index in [2.05, 4.69) is 10.3 Å². The molecular weight excluding hydrogens is 270 g/mol. The number of thiazole rings is 1. The maximum Gasteiger partial charge on any atom is 0.342 e. The van der Waals surface area contributed by atoms with E-state index in [1.165, 1.54) is 29.5 Å². The van der Waals surface area contributed by atoms with Gasteiger partial charge in [0, 0.05) is 17.1 Å². The van der Waals surface area contributed by atoms with Crippen molar-refractivity contribution >= 4 is 28.7 Å². The number of aromatic nitrogens is 1. The number of aromatic carboxylic acids is 1. The van der Waals surface area contributed by atoms with Crippen LogP contribution in [0.2, 0.25) is 0 Å². The Bertz CT molecular complexity index is 612. The third-order valence-electron chi connectivity index (χ3n) is 2.38. The van der Waals surface area contributed by atoms with Crippen LogP contribution in [0.3, 0.4) is 0 Å². The van der Waals surface area contributed by atoms with E-state index in [9.17, 15) is 14.9 Å². The fraction of sp³-hybridized carbons (Fsp3) is 0.0909. The van der Waals surface area contributed by atoms with E-state index >= 15 is 0 Å². The fourth-order valence-corrected chi connectivity index (χ4v) is 2.05. The Kier molecular flexibility index (Phi) is 3.71. The Morgan fingerprint density at radius 3 is 2.89 bits per heavy atom. The minimum absolute atomic E-state index is 0.329. The number of nitro groups is 1. The normalized spacial score (nSPS) is 10.1. The van der Waals surface area contributed by atoms with Gasteiger partial charge in [0.15, 0.2) is 0 Å². The molecule has 1 heterocycles. The van der Waals surface area contributed by atoms with E-state index in [1.54, 1.807) is 5.51 Å². The molecule has 7 nitrogen and oxygen atoms in total. The molecule has 0 aliphatic carbocycles. The quantitative estimate of drug-likeness (QED) is 0.643. The van der Waals surface area contributed by atoms with Gasteiger partial charge in [-0.3, -0.25) is 10.1 Å². The van der Waals surface area contributed by atoms with Crippen LogP contribution in [0.4, 0.5) is 11.4 Å². The maximum absolute atomic E-state index is 10.8. The molecule has 1 aromatic carbocycles. The standard InChI is InChI=1S/C11H9N3O4S/c15-11(16)9-2-1-7(3-10(9)14(17)18)12-4-8-5-19-6-13-8/h1-3,5-6,12H,4H2,(H,15,16). The minimum Gasteiger partial charge on any atom is -0.477 e. The first-order valence-corrected chi connectivity index (χ1v) is 6.15. The van der Waals surface area contributed by atoms with Crippen molar-refractivity contribution in [3.63, 3.8) is 0 Å². The Morgan fingerprint density at radius 1 is 1.53 bits per heavy atom. The summed E-state index contributed by atoms with van der Waals surface area (Å²) in [5.74, 6) is -1.32. The van der Waals surface area contributed by atoms with Gasteiger partial charge in [0.05, 0.1) is 22.7 Å². The summed E-state index contributed by atoms with van der Waals surface area (Å²) in [5.41, 5.74) is 2.21. The zero-order valence-corrected chi connectivity index (χ0v) is 10.4. The van der Waals surface area contributed by atoms with Gasteiger partial charge in [0.1, 0.15) is 5.56 Å². The van der Waals surface area contributed by atoms with Gasteiger partial charge < -0.3 is 10.4 Å². The third-order valence-corrected chi connectivity index (χ3v) is 3.02. The highest BCUT2D eigenvalue weighted by atomic mass is 32.1. The lowest BCUT2D eigenvalue weighted by molar-refractivity contribution is -0.385. The number of anilines is 1. The van der Waals surface area contributed by atoms with Gasteiger partial charge in [-0.05, 0) is 12.1 Å². The van der Waals surface area contributed by atoms with Crippen LogP contribution < -0.4 is 5.32 Å². The van der Waals surface area contributed by atoms with E-state index in [0.717, 1.165) is 5.69 Å². The van der Waals surface area contributed by atoms with Gasteiger partial charge in [-0.15, -0.1) is 11.3 Å². The second kappa shape index (κ2) is 5.44. The van der Waals surface area contributed by atoms with Crippen molar-refractivity contribution in [1.29, 1.82) is 0 Å². The molecule has 0 saturated carbocycles. The number of nitro benzene ring substituents is 1. The summed E-state index contributed by atoms with van der Waals surface area (Å²) in [6, 6.07) is 3.91.